The van der Waals surface area contributed by atoms with E-state index in [2.05, 4.69) is 48.2 Å². The third-order valence-corrected chi connectivity index (χ3v) is 5.24. The van der Waals surface area contributed by atoms with Gasteiger partial charge in [0.15, 0.2) is 0 Å². The van der Waals surface area contributed by atoms with Crippen LogP contribution in [0.15, 0.2) is 72.1 Å². The number of carbonyl (C=O) groups is 1. The van der Waals surface area contributed by atoms with Gasteiger partial charge in [0.25, 0.3) is 0 Å². The summed E-state index contributed by atoms with van der Waals surface area (Å²) in [6.07, 6.45) is 5.05. The molecular weight excluding hydrogens is 489 g/mol. The lowest BCUT2D eigenvalue weighted by atomic mass is 10.1. The van der Waals surface area contributed by atoms with E-state index in [-0.39, 0.29) is 11.3 Å². The molecule has 0 bridgehead atoms. The summed E-state index contributed by atoms with van der Waals surface area (Å²) in [6, 6.07) is 11.7. The quantitative estimate of drug-likeness (QED) is 0.311. The minimum atomic E-state index is -0.688. The lowest BCUT2D eigenvalue weighted by Gasteiger charge is -2.15. The fourth-order valence-corrected chi connectivity index (χ4v) is 3.50. The molecule has 4 aromatic rings. The van der Waals surface area contributed by atoms with Crippen molar-refractivity contribution in [1.82, 2.24) is 19.7 Å². The summed E-state index contributed by atoms with van der Waals surface area (Å²) in [5, 5.41) is 10.2. The molecule has 0 atom stereocenters. The summed E-state index contributed by atoms with van der Waals surface area (Å²) in [5.74, 6) is -0.568. The second-order valence-electron chi connectivity index (χ2n) is 7.16. The van der Waals surface area contributed by atoms with Crippen LogP contribution < -0.4 is 16.4 Å². The number of carbonyl (C=O) groups excluding carboxylic acids is 1. The van der Waals surface area contributed by atoms with Crippen LogP contribution in [0.4, 0.5) is 27.5 Å². The van der Waals surface area contributed by atoms with Crippen molar-refractivity contribution in [2.75, 3.05) is 10.6 Å². The zero-order chi connectivity index (χ0) is 23.5. The molecule has 2 aromatic heterocycles. The van der Waals surface area contributed by atoms with Crippen molar-refractivity contribution in [3.8, 4) is 11.1 Å². The monoisotopic (exact) mass is 507 g/mol. The predicted molar refractivity (Wildman–Crippen MR) is 130 cm³/mol. The van der Waals surface area contributed by atoms with Crippen molar-refractivity contribution in [3.63, 3.8) is 0 Å². The summed E-state index contributed by atoms with van der Waals surface area (Å²) in [7, 11) is 1.80. The van der Waals surface area contributed by atoms with Crippen LogP contribution in [0.3, 0.4) is 0 Å². The normalized spacial score (nSPS) is 10.6. The maximum atomic E-state index is 14.7. The molecule has 4 N–H and O–H groups in total. The van der Waals surface area contributed by atoms with Crippen molar-refractivity contribution in [3.05, 3.63) is 83.5 Å². The fourth-order valence-electron chi connectivity index (χ4n) is 3.10. The Hall–Kier alpha value is -4.05. The molecule has 0 fully saturated rings. The maximum absolute atomic E-state index is 14.7. The molecule has 0 aliphatic carbocycles. The Morgan fingerprint density at radius 3 is 2.70 bits per heavy atom. The van der Waals surface area contributed by atoms with Gasteiger partial charge in [-0.05, 0) is 35.4 Å². The first kappa shape index (κ1) is 22.2. The number of hydrogen-bond donors (Lipinski definition) is 3. The topological polar surface area (TPSA) is 111 Å². The first-order chi connectivity index (χ1) is 15.8. The molecule has 2 heterocycles. The van der Waals surface area contributed by atoms with Gasteiger partial charge in [0, 0.05) is 35.1 Å². The molecule has 33 heavy (non-hydrogen) atoms. The van der Waals surface area contributed by atoms with Gasteiger partial charge in [-0.2, -0.15) is 10.1 Å². The minimum Gasteiger partial charge on any atom is -0.366 e. The smallest absolute Gasteiger partial charge is 0.248 e. The van der Waals surface area contributed by atoms with Gasteiger partial charge in [-0.3, -0.25) is 9.48 Å². The van der Waals surface area contributed by atoms with Gasteiger partial charge >= 0.3 is 0 Å². The van der Waals surface area contributed by atoms with Gasteiger partial charge in [0.1, 0.15) is 11.6 Å². The number of aromatic nitrogens is 4. The molecule has 0 aliphatic heterocycles. The van der Waals surface area contributed by atoms with Gasteiger partial charge in [-0.15, -0.1) is 0 Å². The predicted octanol–water partition coefficient (Wildman–Crippen LogP) is 4.76. The van der Waals surface area contributed by atoms with Crippen molar-refractivity contribution in [1.29, 1.82) is 0 Å². The summed E-state index contributed by atoms with van der Waals surface area (Å²) >= 11 is 3.47. The van der Waals surface area contributed by atoms with E-state index in [0.29, 0.717) is 28.6 Å². The van der Waals surface area contributed by atoms with Crippen LogP contribution in [-0.2, 0) is 11.8 Å². The minimum absolute atomic E-state index is 0.0758. The Morgan fingerprint density at radius 2 is 2.00 bits per heavy atom. The largest absolute Gasteiger partial charge is 0.366 e. The lowest BCUT2D eigenvalue weighted by Crippen LogP contribution is -2.12. The number of nitrogens with two attached hydrogens (primary N) is 1. The third kappa shape index (κ3) is 5.07. The highest BCUT2D eigenvalue weighted by molar-refractivity contribution is 9.10. The molecule has 8 nitrogen and oxygen atoms in total. The summed E-state index contributed by atoms with van der Waals surface area (Å²) in [6.45, 7) is 3.67. The van der Waals surface area contributed by atoms with Crippen molar-refractivity contribution < 1.29 is 9.18 Å². The number of primary amides is 1. The van der Waals surface area contributed by atoms with Crippen LogP contribution in [0.2, 0.25) is 0 Å². The van der Waals surface area contributed by atoms with Gasteiger partial charge in [-0.25, -0.2) is 9.37 Å². The molecule has 0 saturated heterocycles. The molecule has 0 saturated carbocycles. The van der Waals surface area contributed by atoms with E-state index in [9.17, 15) is 9.18 Å². The SMILES string of the molecule is C=C(C(N)=O)c1ccc(F)c(Nc2nc(Nc3cnn(C)c3)ncc2-c2cccc(Br)c2)c1. The number of halogens is 2. The van der Waals surface area contributed by atoms with E-state index in [0.717, 1.165) is 10.0 Å². The molecule has 0 radical (unpaired) electrons. The van der Waals surface area contributed by atoms with E-state index in [4.69, 9.17) is 5.73 Å². The number of nitrogens with zero attached hydrogens (tertiary/aromatic N) is 4. The second kappa shape index (κ2) is 9.21. The Balaban J connectivity index is 1.77. The molecule has 0 unspecified atom stereocenters. The summed E-state index contributed by atoms with van der Waals surface area (Å²) < 4.78 is 17.2. The van der Waals surface area contributed by atoms with Gasteiger partial charge in [0.05, 0.1) is 17.6 Å². The Kier molecular flexibility index (Phi) is 6.18. The molecule has 1 amide bonds. The third-order valence-electron chi connectivity index (χ3n) is 4.75. The highest BCUT2D eigenvalue weighted by Gasteiger charge is 2.15. The van der Waals surface area contributed by atoms with Crippen LogP contribution in [0, 0.1) is 5.82 Å². The Bertz CT molecular complexity index is 1370. The Morgan fingerprint density at radius 1 is 1.18 bits per heavy atom. The number of anilines is 4. The fraction of sp³-hybridized carbons (Fsp3) is 0.0435. The van der Waals surface area contributed by atoms with E-state index in [1.54, 1.807) is 30.3 Å². The standard InChI is InChI=1S/C23H19BrFN7O/c1-13(21(26)33)14-6-7-19(25)20(9-14)30-22-18(15-4-3-5-16(24)8-15)11-27-23(31-22)29-17-10-28-32(2)12-17/h3-12H,1H2,2H3,(H2,26,33)(H2,27,29,30,31). The molecule has 166 valence electrons. The number of amides is 1. The van der Waals surface area contributed by atoms with Gasteiger partial charge in [-0.1, -0.05) is 40.7 Å². The number of aryl methyl sites for hydroxylation is 1. The second-order valence-corrected chi connectivity index (χ2v) is 8.07. The zero-order valence-electron chi connectivity index (χ0n) is 17.5. The van der Waals surface area contributed by atoms with Gasteiger partial charge < -0.3 is 16.4 Å². The van der Waals surface area contributed by atoms with Gasteiger partial charge in [0.2, 0.25) is 11.9 Å². The molecule has 10 heteroatoms. The highest BCUT2D eigenvalue weighted by Crippen LogP contribution is 2.32. The number of benzene rings is 2. The average molecular weight is 508 g/mol. The zero-order valence-corrected chi connectivity index (χ0v) is 19.1. The van der Waals surface area contributed by atoms with E-state index >= 15 is 0 Å². The Labute approximate surface area is 197 Å². The van der Waals surface area contributed by atoms with E-state index < -0.39 is 11.7 Å². The molecule has 2 aromatic carbocycles. The number of hydrogen-bond acceptors (Lipinski definition) is 6. The summed E-state index contributed by atoms with van der Waals surface area (Å²) in [5.41, 5.74) is 8.07. The molecule has 0 aliphatic rings. The summed E-state index contributed by atoms with van der Waals surface area (Å²) in [4.78, 5) is 20.5. The van der Waals surface area contributed by atoms with Crippen molar-refractivity contribution >= 4 is 50.6 Å². The number of rotatable bonds is 7. The van der Waals surface area contributed by atoms with E-state index in [1.165, 1.54) is 18.2 Å². The van der Waals surface area contributed by atoms with Crippen LogP contribution in [0.5, 0.6) is 0 Å². The first-order valence-electron chi connectivity index (χ1n) is 9.74. The molecule has 0 spiro atoms. The maximum Gasteiger partial charge on any atom is 0.248 e. The van der Waals surface area contributed by atoms with Crippen molar-refractivity contribution in [2.24, 2.45) is 12.8 Å². The average Bonchev–Trinajstić information content (AvgIpc) is 3.19. The van der Waals surface area contributed by atoms with Crippen LogP contribution in [-0.4, -0.2) is 25.7 Å². The van der Waals surface area contributed by atoms with Crippen LogP contribution >= 0.6 is 15.9 Å². The lowest BCUT2D eigenvalue weighted by molar-refractivity contribution is -0.112. The van der Waals surface area contributed by atoms with Crippen LogP contribution in [0.25, 0.3) is 16.7 Å². The first-order valence-corrected chi connectivity index (χ1v) is 10.5. The number of nitrogens with one attached hydrogen (secondary N) is 2. The van der Waals surface area contributed by atoms with E-state index in [1.807, 2.05) is 24.3 Å². The van der Waals surface area contributed by atoms with Crippen molar-refractivity contribution in [2.45, 2.75) is 0 Å². The van der Waals surface area contributed by atoms with Crippen LogP contribution in [0.1, 0.15) is 5.56 Å². The highest BCUT2D eigenvalue weighted by atomic mass is 79.9. The molecule has 4 rings (SSSR count). The molecular formula is C23H19BrFN7O.